The van der Waals surface area contributed by atoms with Crippen molar-refractivity contribution < 1.29 is 5.11 Å². The summed E-state index contributed by atoms with van der Waals surface area (Å²) < 4.78 is 0. The molecule has 2 rings (SSSR count). The van der Waals surface area contributed by atoms with Gasteiger partial charge in [-0.1, -0.05) is 12.2 Å². The van der Waals surface area contributed by atoms with Crippen LogP contribution in [0.5, 0.6) is 0 Å². The number of rotatable bonds is 4. The van der Waals surface area contributed by atoms with E-state index in [9.17, 15) is 0 Å². The summed E-state index contributed by atoms with van der Waals surface area (Å²) in [7, 11) is 0. The molecular weight excluding hydrogens is 272 g/mol. The molecule has 1 aliphatic rings. The molecule has 20 heavy (non-hydrogen) atoms. The molecule has 1 fully saturated rings. The third-order valence-electron chi connectivity index (χ3n) is 3.66. The van der Waals surface area contributed by atoms with Crippen molar-refractivity contribution in [3.05, 3.63) is 22.9 Å². The smallest absolute Gasteiger partial charge is 0.139 e. The van der Waals surface area contributed by atoms with Crippen molar-refractivity contribution in [2.45, 2.75) is 13.8 Å². The fraction of sp³-hybridized carbons (Fsp3) is 0.571. The van der Waals surface area contributed by atoms with E-state index in [1.165, 1.54) is 0 Å². The predicted octanol–water partition coefficient (Wildman–Crippen LogP) is 0.447. The Hall–Kier alpha value is -1.24. The van der Waals surface area contributed by atoms with Crippen molar-refractivity contribution in [1.29, 1.82) is 0 Å². The largest absolute Gasteiger partial charge is 0.395 e. The van der Waals surface area contributed by atoms with E-state index >= 15 is 0 Å². The number of pyridine rings is 1. The highest BCUT2D eigenvalue weighted by molar-refractivity contribution is 7.80. The van der Waals surface area contributed by atoms with E-state index in [1.54, 1.807) is 0 Å². The van der Waals surface area contributed by atoms with Crippen LogP contribution in [0.2, 0.25) is 0 Å². The summed E-state index contributed by atoms with van der Waals surface area (Å²) in [5.41, 5.74) is 8.82. The third kappa shape index (κ3) is 3.26. The quantitative estimate of drug-likeness (QED) is 0.786. The zero-order valence-electron chi connectivity index (χ0n) is 12.1. The van der Waals surface area contributed by atoms with Crippen LogP contribution in [-0.4, -0.2) is 59.3 Å². The number of hydrogen-bond donors (Lipinski definition) is 2. The van der Waals surface area contributed by atoms with Gasteiger partial charge >= 0.3 is 0 Å². The molecule has 1 saturated heterocycles. The second kappa shape index (κ2) is 6.47. The zero-order valence-corrected chi connectivity index (χ0v) is 12.9. The van der Waals surface area contributed by atoms with Crippen molar-refractivity contribution in [2.24, 2.45) is 5.73 Å². The molecule has 0 radical (unpaired) electrons. The standard InChI is InChI=1S/C14H22N4OS/c1-10-9-11(2)16-14(12(10)13(15)20)18-5-3-17(4-6-18)7-8-19/h9,19H,3-8H2,1-2H3,(H2,15,20). The number of piperazine rings is 1. The average molecular weight is 294 g/mol. The maximum atomic E-state index is 8.99. The minimum Gasteiger partial charge on any atom is -0.395 e. The molecule has 1 aliphatic heterocycles. The van der Waals surface area contributed by atoms with E-state index < -0.39 is 0 Å². The SMILES string of the molecule is Cc1cc(C)c(C(N)=S)c(N2CCN(CCO)CC2)n1. The van der Waals surface area contributed by atoms with Gasteiger partial charge in [-0.15, -0.1) is 0 Å². The van der Waals surface area contributed by atoms with E-state index in [0.717, 1.165) is 55.4 Å². The van der Waals surface area contributed by atoms with Gasteiger partial charge in [0, 0.05) is 38.4 Å². The highest BCUT2D eigenvalue weighted by Crippen LogP contribution is 2.23. The van der Waals surface area contributed by atoms with Crippen molar-refractivity contribution in [1.82, 2.24) is 9.88 Å². The first-order valence-electron chi connectivity index (χ1n) is 6.89. The van der Waals surface area contributed by atoms with Crippen LogP contribution in [-0.2, 0) is 0 Å². The van der Waals surface area contributed by atoms with Crippen molar-refractivity contribution >= 4 is 23.0 Å². The molecule has 0 spiro atoms. The van der Waals surface area contributed by atoms with Gasteiger partial charge in [-0.2, -0.15) is 0 Å². The Labute approximate surface area is 125 Å². The normalized spacial score (nSPS) is 16.4. The van der Waals surface area contributed by atoms with Crippen LogP contribution in [0.15, 0.2) is 6.07 Å². The average Bonchev–Trinajstić information content (AvgIpc) is 2.38. The summed E-state index contributed by atoms with van der Waals surface area (Å²) in [4.78, 5) is 9.53. The van der Waals surface area contributed by atoms with Gasteiger partial charge in [-0.05, 0) is 25.5 Å². The van der Waals surface area contributed by atoms with Gasteiger partial charge in [0.1, 0.15) is 10.8 Å². The summed E-state index contributed by atoms with van der Waals surface area (Å²) >= 11 is 5.18. The first-order chi connectivity index (χ1) is 9.52. The van der Waals surface area contributed by atoms with Gasteiger partial charge in [-0.25, -0.2) is 4.98 Å². The lowest BCUT2D eigenvalue weighted by Crippen LogP contribution is -2.48. The Bertz CT molecular complexity index is 498. The monoisotopic (exact) mass is 294 g/mol. The molecule has 110 valence electrons. The second-order valence-corrected chi connectivity index (χ2v) is 5.64. The number of aryl methyl sites for hydroxylation is 2. The van der Waals surface area contributed by atoms with E-state index in [4.69, 9.17) is 23.1 Å². The highest BCUT2D eigenvalue weighted by atomic mass is 32.1. The number of β-amino-alcohol motifs (C(OH)–C–C–N with tert-alkyl or cyclic N) is 1. The molecule has 1 aromatic heterocycles. The fourth-order valence-corrected chi connectivity index (χ4v) is 2.93. The molecular formula is C14H22N4OS. The van der Waals surface area contributed by atoms with Gasteiger partial charge in [0.2, 0.25) is 0 Å². The number of aliphatic hydroxyl groups excluding tert-OH is 1. The minimum atomic E-state index is 0.208. The highest BCUT2D eigenvalue weighted by Gasteiger charge is 2.22. The molecule has 3 N–H and O–H groups in total. The van der Waals surface area contributed by atoms with Crippen LogP contribution >= 0.6 is 12.2 Å². The molecule has 0 atom stereocenters. The summed E-state index contributed by atoms with van der Waals surface area (Å²) in [6.07, 6.45) is 0. The third-order valence-corrected chi connectivity index (χ3v) is 3.86. The van der Waals surface area contributed by atoms with E-state index in [2.05, 4.69) is 14.8 Å². The van der Waals surface area contributed by atoms with Crippen LogP contribution in [0.1, 0.15) is 16.8 Å². The minimum absolute atomic E-state index is 0.208. The van der Waals surface area contributed by atoms with Gasteiger partial charge in [-0.3, -0.25) is 4.90 Å². The molecule has 0 saturated carbocycles. The molecule has 0 aliphatic carbocycles. The lowest BCUT2D eigenvalue weighted by Gasteiger charge is -2.36. The number of hydrogen-bond acceptors (Lipinski definition) is 5. The Kier molecular flexibility index (Phi) is 4.91. The number of anilines is 1. The molecule has 0 bridgehead atoms. The number of thiocarbonyl (C=S) groups is 1. The van der Waals surface area contributed by atoms with Crippen LogP contribution in [0.4, 0.5) is 5.82 Å². The van der Waals surface area contributed by atoms with Crippen LogP contribution in [0.25, 0.3) is 0 Å². The second-order valence-electron chi connectivity index (χ2n) is 5.20. The molecule has 0 aromatic carbocycles. The first kappa shape index (κ1) is 15.2. The molecule has 5 nitrogen and oxygen atoms in total. The maximum Gasteiger partial charge on any atom is 0.139 e. The molecule has 0 amide bonds. The van der Waals surface area contributed by atoms with Crippen LogP contribution < -0.4 is 10.6 Å². The van der Waals surface area contributed by atoms with Gasteiger partial charge in [0.05, 0.1) is 12.2 Å². The lowest BCUT2D eigenvalue weighted by atomic mass is 10.1. The molecule has 1 aromatic rings. The Morgan fingerprint density at radius 1 is 1.35 bits per heavy atom. The number of aliphatic hydroxyl groups is 1. The summed E-state index contributed by atoms with van der Waals surface area (Å²) in [6, 6.07) is 2.01. The number of nitrogens with zero attached hydrogens (tertiary/aromatic N) is 3. The fourth-order valence-electron chi connectivity index (χ4n) is 2.68. The predicted molar refractivity (Wildman–Crippen MR) is 85.3 cm³/mol. The molecule has 2 heterocycles. The Morgan fingerprint density at radius 2 is 2.00 bits per heavy atom. The van der Waals surface area contributed by atoms with Crippen molar-refractivity contribution in [2.75, 3.05) is 44.2 Å². The summed E-state index contributed by atoms with van der Waals surface area (Å²) in [5, 5.41) is 8.99. The van der Waals surface area contributed by atoms with Crippen molar-refractivity contribution in [3.8, 4) is 0 Å². The van der Waals surface area contributed by atoms with E-state index in [-0.39, 0.29) is 6.61 Å². The van der Waals surface area contributed by atoms with Gasteiger partial charge in [0.15, 0.2) is 0 Å². The summed E-state index contributed by atoms with van der Waals surface area (Å²) in [6.45, 7) is 8.56. The van der Waals surface area contributed by atoms with E-state index in [1.807, 2.05) is 19.9 Å². The summed E-state index contributed by atoms with van der Waals surface area (Å²) in [5.74, 6) is 0.902. The van der Waals surface area contributed by atoms with Gasteiger partial charge in [0.25, 0.3) is 0 Å². The van der Waals surface area contributed by atoms with Gasteiger partial charge < -0.3 is 15.7 Å². The molecule has 6 heteroatoms. The molecule has 0 unspecified atom stereocenters. The number of aromatic nitrogens is 1. The Morgan fingerprint density at radius 3 is 2.55 bits per heavy atom. The zero-order chi connectivity index (χ0) is 14.7. The first-order valence-corrected chi connectivity index (χ1v) is 7.30. The van der Waals surface area contributed by atoms with E-state index in [0.29, 0.717) is 4.99 Å². The lowest BCUT2D eigenvalue weighted by molar-refractivity contribution is 0.188. The number of nitrogens with two attached hydrogens (primary N) is 1. The van der Waals surface area contributed by atoms with Crippen molar-refractivity contribution in [3.63, 3.8) is 0 Å². The maximum absolute atomic E-state index is 8.99. The van der Waals surface area contributed by atoms with Crippen LogP contribution in [0, 0.1) is 13.8 Å². The Balaban J connectivity index is 2.23. The topological polar surface area (TPSA) is 65.6 Å². The van der Waals surface area contributed by atoms with Crippen LogP contribution in [0.3, 0.4) is 0 Å².